The molecular weight excluding hydrogens is 390 g/mol. The summed E-state index contributed by atoms with van der Waals surface area (Å²) in [5.41, 5.74) is 1.96. The van der Waals surface area contributed by atoms with Crippen LogP contribution >= 0.6 is 12.2 Å². The van der Waals surface area contributed by atoms with Crippen molar-refractivity contribution in [3.63, 3.8) is 0 Å². The fraction of sp³-hybridized carbons (Fsp3) is 0.643. The molecule has 0 spiro atoms. The maximum atomic E-state index is 15.5. The number of nitrogens with one attached hydrogen (secondary N) is 1. The highest BCUT2D eigenvalue weighted by atomic mass is 32.1. The Morgan fingerprint density at radius 2 is 2.07 bits per heavy atom. The second-order valence-corrected chi connectivity index (χ2v) is 7.29. The fourth-order valence-electron chi connectivity index (χ4n) is 2.56. The summed E-state index contributed by atoms with van der Waals surface area (Å²) in [4.78, 5) is 26.3. The number of rotatable bonds is 5. The van der Waals surface area contributed by atoms with Gasteiger partial charge in [-0.05, 0) is 12.0 Å². The number of carbonyl (C=O) groups excluding carboxylic acids is 1. The third-order valence-electron chi connectivity index (χ3n) is 4.41. The molecule has 5 N–H and O–H groups in total. The molecule has 1 aliphatic heterocycles. The number of aromatic nitrogens is 2. The lowest BCUT2D eigenvalue weighted by Crippen LogP contribution is -2.62. The van der Waals surface area contributed by atoms with E-state index in [9.17, 15) is 19.8 Å². The van der Waals surface area contributed by atoms with Crippen LogP contribution in [0.4, 0.5) is 4.39 Å². The van der Waals surface area contributed by atoms with E-state index >= 15 is 4.39 Å². The van der Waals surface area contributed by atoms with Crippen LogP contribution in [0.5, 0.6) is 0 Å². The Morgan fingerprint density at radius 3 is 2.57 bits per heavy atom. The summed E-state index contributed by atoms with van der Waals surface area (Å²) in [5.74, 6) is -5.20. The number of H-pyrrole nitrogens is 1. The second kappa shape index (κ2) is 7.41. The topological polar surface area (TPSA) is 140 Å². The van der Waals surface area contributed by atoms with Crippen LogP contribution in [-0.2, 0) is 19.9 Å². The Balaban J connectivity index is 2.44. The van der Waals surface area contributed by atoms with Crippen LogP contribution in [0.1, 0.15) is 13.8 Å². The Hall–Kier alpha value is -1.47. The number of halogens is 1. The molecule has 6 radical (unpaired) electrons. The Morgan fingerprint density at radius 1 is 1.50 bits per heavy atom. The number of nitrogens with two attached hydrogens (primary N) is 1. The van der Waals surface area contributed by atoms with E-state index in [0.29, 0.717) is 4.57 Å². The predicted octanol–water partition coefficient (Wildman–Crippen LogP) is -2.38. The first-order chi connectivity index (χ1) is 12.7. The first-order valence-corrected chi connectivity index (χ1v) is 8.51. The third kappa shape index (κ3) is 3.59. The van der Waals surface area contributed by atoms with E-state index in [-0.39, 0.29) is 4.64 Å². The van der Waals surface area contributed by atoms with Gasteiger partial charge in [0.15, 0.2) is 0 Å². The van der Waals surface area contributed by atoms with Gasteiger partial charge < -0.3 is 25.4 Å². The largest absolute Gasteiger partial charge is 0.473 e. The summed E-state index contributed by atoms with van der Waals surface area (Å²) in [6, 6.07) is -0.00993. The summed E-state index contributed by atoms with van der Waals surface area (Å²) >= 11 is 4.77. The summed E-state index contributed by atoms with van der Waals surface area (Å²) in [6.45, 7) is 3.18. The number of aliphatic hydroxyl groups is 2. The molecule has 0 aliphatic carbocycles. The highest BCUT2D eigenvalue weighted by Crippen LogP contribution is 2.45. The van der Waals surface area contributed by atoms with Gasteiger partial charge in [0.25, 0.3) is 5.85 Å². The van der Waals surface area contributed by atoms with Gasteiger partial charge in [-0.15, -0.1) is 0 Å². The molecule has 28 heavy (non-hydrogen) atoms. The Kier molecular flexibility index (Phi) is 6.04. The van der Waals surface area contributed by atoms with Crippen molar-refractivity contribution in [1.82, 2.24) is 9.55 Å². The van der Waals surface area contributed by atoms with Gasteiger partial charge in [-0.3, -0.25) is 14.3 Å². The monoisotopic (exact) mass is 407 g/mol. The number of hydrogen-bond donors (Lipinski definition) is 4. The summed E-state index contributed by atoms with van der Waals surface area (Å²) in [7, 11) is 16.9. The molecule has 146 valence electrons. The number of carbonyl (C=O) groups is 1. The molecule has 1 aromatic heterocycles. The molecular formula is C14H17B3FN3O6S. The lowest BCUT2D eigenvalue weighted by Gasteiger charge is -2.41. The van der Waals surface area contributed by atoms with Crippen LogP contribution < -0.4 is 11.4 Å². The van der Waals surface area contributed by atoms with Crippen molar-refractivity contribution in [3.8, 4) is 0 Å². The van der Waals surface area contributed by atoms with Crippen molar-refractivity contribution >= 4 is 41.7 Å². The van der Waals surface area contributed by atoms with Crippen LogP contribution in [0.3, 0.4) is 0 Å². The minimum absolute atomic E-state index is 0.0213. The van der Waals surface area contributed by atoms with Crippen molar-refractivity contribution in [2.75, 3.05) is 0 Å². The zero-order valence-electron chi connectivity index (χ0n) is 15.0. The van der Waals surface area contributed by atoms with Crippen molar-refractivity contribution in [1.29, 1.82) is 0 Å². The lowest BCUT2D eigenvalue weighted by atomic mass is 9.59. The molecule has 1 fully saturated rings. The SMILES string of the molecule is [B]C([B])(OC(=O)[C@@H](N)C(C)C)[C@@]1(F)O[C@@]([B])(n2ccc(=S)[nH]c2=O)[C@H](O)[C@@H]1O. The van der Waals surface area contributed by atoms with E-state index in [4.69, 9.17) is 51.0 Å². The molecule has 1 saturated heterocycles. The number of hydrogen-bond acceptors (Lipinski definition) is 8. The molecule has 0 unspecified atom stereocenters. The molecule has 2 rings (SSSR count). The van der Waals surface area contributed by atoms with Gasteiger partial charge in [0, 0.05) is 6.20 Å². The van der Waals surface area contributed by atoms with Gasteiger partial charge in [-0.2, -0.15) is 0 Å². The first kappa shape index (κ1) is 22.8. The summed E-state index contributed by atoms with van der Waals surface area (Å²) in [5, 5.41) is 17.4. The number of alkyl halides is 1. The first-order valence-electron chi connectivity index (χ1n) is 8.10. The van der Waals surface area contributed by atoms with Gasteiger partial charge in [-0.25, -0.2) is 9.18 Å². The minimum atomic E-state index is -3.61. The van der Waals surface area contributed by atoms with Gasteiger partial charge in [0.1, 0.15) is 52.1 Å². The standard InChI is InChI=1S/C14H17B3FN3O6S/c1-5(2)7(19)10(24)26-14(16,17)12(18)8(22)9(23)13(15,27-12)21-4-3-6(28)20-11(21)25/h3-5,7-9,22-23H,19H2,1-2H3,(H,20,25,28)/t7-,8-,9+,12-,13-/m0/s1. The highest BCUT2D eigenvalue weighted by molar-refractivity contribution is 7.71. The molecule has 14 heteroatoms. The molecule has 1 aromatic rings. The zero-order valence-corrected chi connectivity index (χ0v) is 15.9. The number of ether oxygens (including phenoxy) is 2. The van der Waals surface area contributed by atoms with Crippen molar-refractivity contribution in [3.05, 3.63) is 27.4 Å². The van der Waals surface area contributed by atoms with Crippen LogP contribution in [0.25, 0.3) is 0 Å². The lowest BCUT2D eigenvalue weighted by molar-refractivity contribution is -0.250. The normalized spacial score (nSPS) is 31.7. The highest BCUT2D eigenvalue weighted by Gasteiger charge is 2.68. The number of aliphatic hydroxyl groups excluding tert-OH is 2. The molecule has 2 heterocycles. The molecule has 0 saturated carbocycles. The van der Waals surface area contributed by atoms with E-state index in [1.54, 1.807) is 13.8 Å². The third-order valence-corrected chi connectivity index (χ3v) is 4.65. The van der Waals surface area contributed by atoms with E-state index < -0.39 is 52.7 Å². The van der Waals surface area contributed by atoms with Gasteiger partial charge in [-0.1, -0.05) is 26.1 Å². The van der Waals surface area contributed by atoms with E-state index in [2.05, 4.69) is 4.98 Å². The summed E-state index contributed by atoms with van der Waals surface area (Å²) in [6.07, 6.45) is -3.76. The Labute approximate surface area is 168 Å². The van der Waals surface area contributed by atoms with Gasteiger partial charge >= 0.3 is 11.7 Å². The molecule has 0 aromatic carbocycles. The number of aromatic amines is 1. The Bertz CT molecular complexity index is 882. The fourth-order valence-corrected chi connectivity index (χ4v) is 2.71. The van der Waals surface area contributed by atoms with Crippen molar-refractivity contribution in [2.24, 2.45) is 11.7 Å². The average Bonchev–Trinajstić information content (AvgIpc) is 2.75. The predicted molar refractivity (Wildman–Crippen MR) is 99.7 cm³/mol. The zero-order chi connectivity index (χ0) is 21.7. The number of esters is 1. The second-order valence-electron chi connectivity index (χ2n) is 6.85. The van der Waals surface area contributed by atoms with Crippen molar-refractivity contribution in [2.45, 2.75) is 49.0 Å². The maximum absolute atomic E-state index is 15.5. The van der Waals surface area contributed by atoms with Crippen LogP contribution in [0.15, 0.2) is 17.1 Å². The van der Waals surface area contributed by atoms with Crippen LogP contribution in [-0.4, -0.2) is 78.8 Å². The molecule has 5 atom stereocenters. The van der Waals surface area contributed by atoms with Crippen LogP contribution in [0.2, 0.25) is 0 Å². The summed E-state index contributed by atoms with van der Waals surface area (Å²) < 4.78 is 25.7. The van der Waals surface area contributed by atoms with E-state index in [0.717, 1.165) is 6.20 Å². The van der Waals surface area contributed by atoms with Gasteiger partial charge in [0.2, 0.25) is 0 Å². The minimum Gasteiger partial charge on any atom is -0.473 e. The van der Waals surface area contributed by atoms with E-state index in [1.807, 2.05) is 0 Å². The molecule has 0 bridgehead atoms. The molecule has 0 amide bonds. The van der Waals surface area contributed by atoms with Crippen LogP contribution in [0, 0.1) is 10.6 Å². The smallest absolute Gasteiger partial charge is 0.328 e. The quantitative estimate of drug-likeness (QED) is 0.241. The van der Waals surface area contributed by atoms with E-state index in [1.165, 1.54) is 6.07 Å². The molecule has 1 aliphatic rings. The molecule has 9 nitrogen and oxygen atoms in total. The maximum Gasteiger partial charge on any atom is 0.328 e. The van der Waals surface area contributed by atoms with Crippen molar-refractivity contribution < 1.29 is 28.9 Å². The average molecular weight is 407 g/mol. The number of nitrogens with zero attached hydrogens (tertiary/aromatic N) is 1. The van der Waals surface area contributed by atoms with Gasteiger partial charge in [0.05, 0.1) is 5.40 Å².